The van der Waals surface area contributed by atoms with Gasteiger partial charge < -0.3 is 15.3 Å². The first kappa shape index (κ1) is 7.86. The predicted molar refractivity (Wildman–Crippen MR) is 43.7 cm³/mol. The maximum Gasteiger partial charge on any atom is 0.317 e. The molecule has 0 aromatic carbocycles. The van der Waals surface area contributed by atoms with Gasteiger partial charge in [-0.15, -0.1) is 0 Å². The standard InChI is InChI=1S/C8H14N2O2/c11-7(6-1-2-6)5-10-4-3-9-8(10)12/h6-7,11H,1-5H2,(H,9,12). The Bertz CT molecular complexity index is 191. The molecule has 0 aromatic rings. The van der Waals surface area contributed by atoms with Crippen LogP contribution >= 0.6 is 0 Å². The van der Waals surface area contributed by atoms with E-state index in [1.807, 2.05) is 0 Å². The lowest BCUT2D eigenvalue weighted by Crippen LogP contribution is -2.36. The van der Waals surface area contributed by atoms with Crippen molar-refractivity contribution in [1.29, 1.82) is 0 Å². The normalized spacial score (nSPS) is 25.8. The summed E-state index contributed by atoms with van der Waals surface area (Å²) in [5.41, 5.74) is 0. The van der Waals surface area contributed by atoms with E-state index in [-0.39, 0.29) is 12.1 Å². The minimum Gasteiger partial charge on any atom is -0.391 e. The van der Waals surface area contributed by atoms with Crippen LogP contribution in [0.25, 0.3) is 0 Å². The average molecular weight is 170 g/mol. The second-order valence-electron chi connectivity index (χ2n) is 3.58. The second kappa shape index (κ2) is 2.94. The number of amides is 2. The van der Waals surface area contributed by atoms with Crippen molar-refractivity contribution in [1.82, 2.24) is 10.2 Å². The molecule has 1 saturated carbocycles. The van der Waals surface area contributed by atoms with Gasteiger partial charge in [0.05, 0.1) is 6.10 Å². The molecule has 1 aliphatic carbocycles. The monoisotopic (exact) mass is 170 g/mol. The van der Waals surface area contributed by atoms with Gasteiger partial charge >= 0.3 is 6.03 Å². The summed E-state index contributed by atoms with van der Waals surface area (Å²) >= 11 is 0. The van der Waals surface area contributed by atoms with Gasteiger partial charge in [0.25, 0.3) is 0 Å². The van der Waals surface area contributed by atoms with E-state index in [0.29, 0.717) is 12.5 Å². The Balaban J connectivity index is 1.80. The fourth-order valence-electron chi connectivity index (χ4n) is 1.54. The molecule has 68 valence electrons. The molecule has 4 nitrogen and oxygen atoms in total. The van der Waals surface area contributed by atoms with E-state index < -0.39 is 0 Å². The van der Waals surface area contributed by atoms with Crippen LogP contribution in [0.2, 0.25) is 0 Å². The SMILES string of the molecule is O=C1NCCN1CC(O)C1CC1. The largest absolute Gasteiger partial charge is 0.391 e. The molecule has 1 saturated heterocycles. The molecule has 1 unspecified atom stereocenters. The number of nitrogens with zero attached hydrogens (tertiary/aromatic N) is 1. The summed E-state index contributed by atoms with van der Waals surface area (Å²) in [6, 6.07) is -0.0327. The third-order valence-corrected chi connectivity index (χ3v) is 2.52. The van der Waals surface area contributed by atoms with Gasteiger partial charge in [0.15, 0.2) is 0 Å². The molecule has 2 fully saturated rings. The summed E-state index contributed by atoms with van der Waals surface area (Å²) in [5, 5.41) is 12.3. The Morgan fingerprint density at radius 2 is 2.42 bits per heavy atom. The summed E-state index contributed by atoms with van der Waals surface area (Å²) < 4.78 is 0. The quantitative estimate of drug-likeness (QED) is 0.615. The van der Waals surface area contributed by atoms with Gasteiger partial charge in [-0.05, 0) is 18.8 Å². The first-order valence-corrected chi connectivity index (χ1v) is 4.48. The van der Waals surface area contributed by atoms with E-state index in [1.165, 1.54) is 0 Å². The molecule has 2 aliphatic rings. The maximum absolute atomic E-state index is 11.1. The van der Waals surface area contributed by atoms with Crippen LogP contribution in [-0.4, -0.2) is 41.8 Å². The number of aliphatic hydroxyl groups is 1. The molecule has 0 radical (unpaired) electrons. The molecule has 0 aromatic heterocycles. The van der Waals surface area contributed by atoms with Crippen molar-refractivity contribution in [3.8, 4) is 0 Å². The molecule has 1 heterocycles. The zero-order valence-electron chi connectivity index (χ0n) is 6.99. The Labute approximate surface area is 71.5 Å². The van der Waals surface area contributed by atoms with Crippen LogP contribution in [0, 0.1) is 5.92 Å². The number of hydrogen-bond acceptors (Lipinski definition) is 2. The van der Waals surface area contributed by atoms with Crippen molar-refractivity contribution < 1.29 is 9.90 Å². The number of β-amino-alcohol motifs (C(OH)–C–C–N with tert-alkyl or cyclic N) is 1. The molecule has 0 bridgehead atoms. The Hall–Kier alpha value is -0.770. The molecular weight excluding hydrogens is 156 g/mol. The minimum absolute atomic E-state index is 0.0327. The highest BCUT2D eigenvalue weighted by molar-refractivity contribution is 5.76. The van der Waals surface area contributed by atoms with Crippen molar-refractivity contribution in [2.45, 2.75) is 18.9 Å². The molecule has 1 aliphatic heterocycles. The number of hydrogen-bond donors (Lipinski definition) is 2. The lowest BCUT2D eigenvalue weighted by Gasteiger charge is -2.17. The number of carbonyl (C=O) groups excluding carboxylic acids is 1. The van der Waals surface area contributed by atoms with Crippen LogP contribution in [0.3, 0.4) is 0 Å². The number of aliphatic hydroxyl groups excluding tert-OH is 1. The molecule has 2 rings (SSSR count). The van der Waals surface area contributed by atoms with E-state index >= 15 is 0 Å². The summed E-state index contributed by atoms with van der Waals surface area (Å²) in [6.07, 6.45) is 1.95. The van der Waals surface area contributed by atoms with E-state index in [2.05, 4.69) is 5.32 Å². The lowest BCUT2D eigenvalue weighted by atomic mass is 10.2. The van der Waals surface area contributed by atoms with Gasteiger partial charge in [-0.25, -0.2) is 4.79 Å². The zero-order valence-corrected chi connectivity index (χ0v) is 6.99. The molecular formula is C8H14N2O2. The smallest absolute Gasteiger partial charge is 0.317 e. The minimum atomic E-state index is -0.297. The maximum atomic E-state index is 11.1. The van der Waals surface area contributed by atoms with E-state index in [0.717, 1.165) is 25.9 Å². The average Bonchev–Trinajstić information content (AvgIpc) is 2.80. The Morgan fingerprint density at radius 3 is 2.92 bits per heavy atom. The summed E-state index contributed by atoms with van der Waals surface area (Å²) in [6.45, 7) is 1.97. The third kappa shape index (κ3) is 1.53. The summed E-state index contributed by atoms with van der Waals surface area (Å²) in [4.78, 5) is 12.7. The number of carbonyl (C=O) groups is 1. The van der Waals surface area contributed by atoms with E-state index in [1.54, 1.807) is 4.90 Å². The molecule has 0 spiro atoms. The highest BCUT2D eigenvalue weighted by atomic mass is 16.3. The van der Waals surface area contributed by atoms with Gasteiger partial charge in [-0.1, -0.05) is 0 Å². The summed E-state index contributed by atoms with van der Waals surface area (Å²) in [7, 11) is 0. The Morgan fingerprint density at radius 1 is 1.67 bits per heavy atom. The van der Waals surface area contributed by atoms with Crippen LogP contribution in [0.15, 0.2) is 0 Å². The van der Waals surface area contributed by atoms with Crippen molar-refractivity contribution in [3.63, 3.8) is 0 Å². The molecule has 4 heteroatoms. The van der Waals surface area contributed by atoms with Crippen LogP contribution < -0.4 is 5.32 Å². The molecule has 12 heavy (non-hydrogen) atoms. The van der Waals surface area contributed by atoms with E-state index in [4.69, 9.17) is 0 Å². The van der Waals surface area contributed by atoms with Crippen LogP contribution in [0.4, 0.5) is 4.79 Å². The van der Waals surface area contributed by atoms with Gasteiger partial charge in [0, 0.05) is 19.6 Å². The highest BCUT2D eigenvalue weighted by Crippen LogP contribution is 2.32. The predicted octanol–water partition coefficient (Wildman–Crippen LogP) is -0.218. The third-order valence-electron chi connectivity index (χ3n) is 2.52. The zero-order chi connectivity index (χ0) is 8.55. The van der Waals surface area contributed by atoms with Crippen molar-refractivity contribution in [2.24, 2.45) is 5.92 Å². The van der Waals surface area contributed by atoms with Crippen LogP contribution in [-0.2, 0) is 0 Å². The fraction of sp³-hybridized carbons (Fsp3) is 0.875. The summed E-state index contributed by atoms with van der Waals surface area (Å²) in [5.74, 6) is 0.457. The molecule has 2 amide bonds. The van der Waals surface area contributed by atoms with Crippen molar-refractivity contribution >= 4 is 6.03 Å². The second-order valence-corrected chi connectivity index (χ2v) is 3.58. The molecule has 1 atom stereocenters. The first-order valence-electron chi connectivity index (χ1n) is 4.48. The van der Waals surface area contributed by atoms with Gasteiger partial charge in [0.2, 0.25) is 0 Å². The van der Waals surface area contributed by atoms with Crippen LogP contribution in [0.1, 0.15) is 12.8 Å². The van der Waals surface area contributed by atoms with E-state index in [9.17, 15) is 9.90 Å². The topological polar surface area (TPSA) is 52.6 Å². The molecule has 2 N–H and O–H groups in total. The van der Waals surface area contributed by atoms with Crippen molar-refractivity contribution in [3.05, 3.63) is 0 Å². The number of urea groups is 1. The number of nitrogens with one attached hydrogen (secondary N) is 1. The van der Waals surface area contributed by atoms with Gasteiger partial charge in [0.1, 0.15) is 0 Å². The Kier molecular flexibility index (Phi) is 1.92. The highest BCUT2D eigenvalue weighted by Gasteiger charge is 2.32. The van der Waals surface area contributed by atoms with Gasteiger partial charge in [-0.2, -0.15) is 0 Å². The van der Waals surface area contributed by atoms with Gasteiger partial charge in [-0.3, -0.25) is 0 Å². The van der Waals surface area contributed by atoms with Crippen LogP contribution in [0.5, 0.6) is 0 Å². The first-order chi connectivity index (χ1) is 5.77. The fourth-order valence-corrected chi connectivity index (χ4v) is 1.54. The van der Waals surface area contributed by atoms with Crippen molar-refractivity contribution in [2.75, 3.05) is 19.6 Å². The lowest BCUT2D eigenvalue weighted by molar-refractivity contribution is 0.113. The number of rotatable bonds is 3.